The van der Waals surface area contributed by atoms with Crippen molar-refractivity contribution in [1.29, 1.82) is 0 Å². The second-order valence-electron chi connectivity index (χ2n) is 8.20. The molecule has 2 fully saturated rings. The number of hydrogen-bond donors (Lipinski definition) is 1. The van der Waals surface area contributed by atoms with Crippen molar-refractivity contribution >= 4 is 33.2 Å². The second-order valence-corrected chi connectivity index (χ2v) is 9.80. The number of aliphatic hydroxyl groups is 1. The molecule has 2 aliphatic heterocycles. The first kappa shape index (κ1) is 20.4. The lowest BCUT2D eigenvalue weighted by molar-refractivity contribution is -0.0640. The third kappa shape index (κ3) is 4.81. The summed E-state index contributed by atoms with van der Waals surface area (Å²) in [6.07, 6.45) is 3.65. The number of alkyl halides is 1. The predicted octanol–water partition coefficient (Wildman–Crippen LogP) is 1.98. The second kappa shape index (κ2) is 8.47. The van der Waals surface area contributed by atoms with Gasteiger partial charge in [0, 0.05) is 56.9 Å². The Morgan fingerprint density at radius 2 is 2.07 bits per heavy atom. The number of ether oxygens (including phenoxy) is 1. The SMILES string of the molecule is CC(C)(O)CN1CCN(C(c2cc3ncncc3s2)N2CCOC(Cl)C2)CC1. The van der Waals surface area contributed by atoms with Crippen LogP contribution in [0.5, 0.6) is 0 Å². The van der Waals surface area contributed by atoms with Crippen LogP contribution in [0.4, 0.5) is 0 Å². The molecule has 0 aliphatic carbocycles. The highest BCUT2D eigenvalue weighted by Crippen LogP contribution is 2.35. The molecule has 2 aromatic heterocycles. The van der Waals surface area contributed by atoms with E-state index in [1.807, 2.05) is 20.0 Å². The number of rotatable bonds is 5. The van der Waals surface area contributed by atoms with E-state index in [9.17, 15) is 5.11 Å². The van der Waals surface area contributed by atoms with Gasteiger partial charge in [-0.05, 0) is 19.9 Å². The lowest BCUT2D eigenvalue weighted by atomic mass is 10.1. The van der Waals surface area contributed by atoms with Crippen LogP contribution < -0.4 is 0 Å². The van der Waals surface area contributed by atoms with E-state index in [1.165, 1.54) is 4.88 Å². The van der Waals surface area contributed by atoms with Crippen LogP contribution in [0.25, 0.3) is 10.2 Å². The number of β-amino-alcohol motifs (C(OH)–C–C–N with tert-alkyl or cyclic N) is 1. The molecule has 0 radical (unpaired) electrons. The van der Waals surface area contributed by atoms with Gasteiger partial charge in [-0.3, -0.25) is 14.7 Å². The zero-order valence-corrected chi connectivity index (χ0v) is 18.0. The van der Waals surface area contributed by atoms with Crippen molar-refractivity contribution < 1.29 is 9.84 Å². The monoisotopic (exact) mass is 425 g/mol. The van der Waals surface area contributed by atoms with Gasteiger partial charge in [0.15, 0.2) is 0 Å². The summed E-state index contributed by atoms with van der Waals surface area (Å²) >= 11 is 8.08. The molecule has 0 bridgehead atoms. The molecule has 28 heavy (non-hydrogen) atoms. The summed E-state index contributed by atoms with van der Waals surface area (Å²) in [5.41, 5.74) is 0.0557. The fraction of sp³-hybridized carbons (Fsp3) is 0.684. The molecule has 154 valence electrons. The number of nitrogens with zero attached hydrogens (tertiary/aromatic N) is 5. The predicted molar refractivity (Wildman–Crippen MR) is 112 cm³/mol. The van der Waals surface area contributed by atoms with E-state index >= 15 is 0 Å². The van der Waals surface area contributed by atoms with Crippen LogP contribution >= 0.6 is 22.9 Å². The Hall–Kier alpha value is -0.870. The number of piperazine rings is 1. The average molecular weight is 426 g/mol. The van der Waals surface area contributed by atoms with Crippen LogP contribution in [-0.4, -0.2) is 93.4 Å². The molecule has 2 aliphatic rings. The van der Waals surface area contributed by atoms with E-state index in [1.54, 1.807) is 17.7 Å². The van der Waals surface area contributed by atoms with Crippen LogP contribution in [0, 0.1) is 0 Å². The molecule has 1 N–H and O–H groups in total. The van der Waals surface area contributed by atoms with Crippen molar-refractivity contribution in [3.05, 3.63) is 23.5 Å². The van der Waals surface area contributed by atoms with Gasteiger partial charge in [-0.2, -0.15) is 0 Å². The number of fused-ring (bicyclic) bond motifs is 1. The maximum atomic E-state index is 10.1. The summed E-state index contributed by atoms with van der Waals surface area (Å²) in [7, 11) is 0. The van der Waals surface area contributed by atoms with Gasteiger partial charge in [0.1, 0.15) is 11.9 Å². The third-order valence-corrected chi connectivity index (χ3v) is 6.60. The molecule has 2 unspecified atom stereocenters. The van der Waals surface area contributed by atoms with E-state index in [4.69, 9.17) is 16.3 Å². The van der Waals surface area contributed by atoms with E-state index < -0.39 is 5.60 Å². The normalized spacial score (nSPS) is 24.6. The van der Waals surface area contributed by atoms with E-state index in [0.29, 0.717) is 19.7 Å². The summed E-state index contributed by atoms with van der Waals surface area (Å²) < 4.78 is 6.67. The Kier molecular flexibility index (Phi) is 6.17. The molecular weight excluding hydrogens is 398 g/mol. The first-order chi connectivity index (χ1) is 13.4. The number of aromatic nitrogens is 2. The van der Waals surface area contributed by atoms with Crippen LogP contribution in [0.3, 0.4) is 0 Å². The lowest BCUT2D eigenvalue weighted by Gasteiger charge is -2.45. The zero-order valence-electron chi connectivity index (χ0n) is 16.4. The summed E-state index contributed by atoms with van der Waals surface area (Å²) in [6, 6.07) is 2.19. The van der Waals surface area contributed by atoms with E-state index in [2.05, 4.69) is 30.7 Å². The van der Waals surface area contributed by atoms with Crippen molar-refractivity contribution in [2.45, 2.75) is 31.2 Å². The number of hydrogen-bond acceptors (Lipinski definition) is 8. The highest BCUT2D eigenvalue weighted by molar-refractivity contribution is 7.19. The molecule has 0 aromatic carbocycles. The maximum Gasteiger partial charge on any atom is 0.143 e. The summed E-state index contributed by atoms with van der Waals surface area (Å²) in [5, 5.41) is 10.1. The standard InChI is InChI=1S/C19H28ClN5O2S/c1-19(2,26)12-23-3-5-24(6-4-23)18(25-7-8-27-17(20)11-25)15-9-14-16(28-15)10-21-13-22-14/h9-10,13,17-18,26H,3-8,11-12H2,1-2H3. The summed E-state index contributed by atoms with van der Waals surface area (Å²) in [4.78, 5) is 17.1. The van der Waals surface area contributed by atoms with Crippen molar-refractivity contribution in [2.75, 3.05) is 52.4 Å². The average Bonchev–Trinajstić information content (AvgIpc) is 3.06. The maximum absolute atomic E-state index is 10.1. The Morgan fingerprint density at radius 1 is 1.29 bits per heavy atom. The third-order valence-electron chi connectivity index (χ3n) is 5.23. The Labute approximate surface area is 174 Å². The van der Waals surface area contributed by atoms with Crippen LogP contribution in [0.15, 0.2) is 18.6 Å². The fourth-order valence-electron chi connectivity index (χ4n) is 4.08. The molecule has 9 heteroatoms. The van der Waals surface area contributed by atoms with Crippen LogP contribution in [-0.2, 0) is 4.74 Å². The molecule has 0 spiro atoms. The van der Waals surface area contributed by atoms with Gasteiger partial charge in [0.05, 0.1) is 28.6 Å². The zero-order chi connectivity index (χ0) is 19.7. The minimum Gasteiger partial charge on any atom is -0.389 e. The molecular formula is C19H28ClN5O2S. The smallest absolute Gasteiger partial charge is 0.143 e. The fourth-order valence-corrected chi connectivity index (χ4v) is 5.51. The van der Waals surface area contributed by atoms with Crippen LogP contribution in [0.2, 0.25) is 0 Å². The van der Waals surface area contributed by atoms with Gasteiger partial charge in [-0.25, -0.2) is 9.97 Å². The van der Waals surface area contributed by atoms with Gasteiger partial charge in [-0.1, -0.05) is 11.6 Å². The van der Waals surface area contributed by atoms with Crippen molar-refractivity contribution in [2.24, 2.45) is 0 Å². The molecule has 4 heterocycles. The Morgan fingerprint density at radius 3 is 2.75 bits per heavy atom. The van der Waals surface area contributed by atoms with Crippen molar-refractivity contribution in [1.82, 2.24) is 24.7 Å². The molecule has 2 saturated heterocycles. The van der Waals surface area contributed by atoms with E-state index in [0.717, 1.165) is 42.9 Å². The number of halogens is 1. The van der Waals surface area contributed by atoms with Gasteiger partial charge >= 0.3 is 0 Å². The number of morpholine rings is 1. The molecule has 7 nitrogen and oxygen atoms in total. The molecule has 0 saturated carbocycles. The van der Waals surface area contributed by atoms with Gasteiger partial charge in [0.25, 0.3) is 0 Å². The van der Waals surface area contributed by atoms with Gasteiger partial charge in [-0.15, -0.1) is 11.3 Å². The highest BCUT2D eigenvalue weighted by Gasteiger charge is 2.34. The quantitative estimate of drug-likeness (QED) is 0.734. The Balaban J connectivity index is 1.55. The molecule has 2 atom stereocenters. The van der Waals surface area contributed by atoms with Crippen molar-refractivity contribution in [3.8, 4) is 0 Å². The summed E-state index contributed by atoms with van der Waals surface area (Å²) in [6.45, 7) is 10.4. The first-order valence-corrected chi connectivity index (χ1v) is 11.0. The Bertz CT molecular complexity index is 757. The van der Waals surface area contributed by atoms with E-state index in [-0.39, 0.29) is 11.7 Å². The number of thiophene rings is 1. The first-order valence-electron chi connectivity index (χ1n) is 9.77. The largest absolute Gasteiger partial charge is 0.389 e. The van der Waals surface area contributed by atoms with Crippen LogP contribution in [0.1, 0.15) is 24.9 Å². The molecule has 4 rings (SSSR count). The summed E-state index contributed by atoms with van der Waals surface area (Å²) in [5.74, 6) is 0. The van der Waals surface area contributed by atoms with Gasteiger partial charge < -0.3 is 9.84 Å². The highest BCUT2D eigenvalue weighted by atomic mass is 35.5. The topological polar surface area (TPSA) is 65.0 Å². The minimum absolute atomic E-state index is 0.161. The minimum atomic E-state index is -0.665. The van der Waals surface area contributed by atoms with Crippen molar-refractivity contribution in [3.63, 3.8) is 0 Å². The molecule has 0 amide bonds. The van der Waals surface area contributed by atoms with Gasteiger partial charge in [0.2, 0.25) is 0 Å². The lowest BCUT2D eigenvalue weighted by Crippen LogP contribution is -2.55. The molecule has 2 aromatic rings.